The Labute approximate surface area is 143 Å². The van der Waals surface area contributed by atoms with Crippen LogP contribution in [0.1, 0.15) is 6.92 Å². The highest BCUT2D eigenvalue weighted by Crippen LogP contribution is 2.23. The van der Waals surface area contributed by atoms with E-state index in [0.29, 0.717) is 22.4 Å². The Balaban J connectivity index is 1.97. The summed E-state index contributed by atoms with van der Waals surface area (Å²) in [6.07, 6.45) is 0. The standard InChI is InChI=1S/C18H14N2O3S/c1-11(21)19-18(24)20-14-7-4-6-12(9-14)15-10-13-5-2-3-8-16(13)23-17(15)22/h2-10H,1H3,(H2,19,20,21,24). The summed E-state index contributed by atoms with van der Waals surface area (Å²) < 4.78 is 5.36. The summed E-state index contributed by atoms with van der Waals surface area (Å²) in [5, 5.41) is 6.44. The molecule has 6 heteroatoms. The van der Waals surface area contributed by atoms with E-state index in [4.69, 9.17) is 16.6 Å². The van der Waals surface area contributed by atoms with E-state index < -0.39 is 5.63 Å². The second-order valence-corrected chi connectivity index (χ2v) is 5.61. The molecular formula is C18H14N2O3S. The van der Waals surface area contributed by atoms with Gasteiger partial charge in [0.05, 0.1) is 5.56 Å². The number of fused-ring (bicyclic) bond motifs is 1. The number of carbonyl (C=O) groups is 1. The fourth-order valence-corrected chi connectivity index (χ4v) is 2.61. The summed E-state index contributed by atoms with van der Waals surface area (Å²) in [5.74, 6) is -0.251. The van der Waals surface area contributed by atoms with E-state index in [0.717, 1.165) is 5.39 Å². The topological polar surface area (TPSA) is 71.3 Å². The third-order valence-electron chi connectivity index (χ3n) is 3.36. The zero-order chi connectivity index (χ0) is 17.1. The molecule has 1 heterocycles. The molecule has 1 aromatic heterocycles. The molecule has 0 radical (unpaired) electrons. The molecule has 120 valence electrons. The highest BCUT2D eigenvalue weighted by molar-refractivity contribution is 7.80. The Morgan fingerprint density at radius 2 is 1.88 bits per heavy atom. The second kappa shape index (κ2) is 6.64. The van der Waals surface area contributed by atoms with Crippen LogP contribution in [0.2, 0.25) is 0 Å². The van der Waals surface area contributed by atoms with E-state index in [2.05, 4.69) is 10.6 Å². The van der Waals surface area contributed by atoms with Gasteiger partial charge in [0.25, 0.3) is 0 Å². The minimum Gasteiger partial charge on any atom is -0.422 e. The Morgan fingerprint density at radius 1 is 1.08 bits per heavy atom. The molecule has 0 aliphatic heterocycles. The van der Waals surface area contributed by atoms with Crippen LogP contribution < -0.4 is 16.3 Å². The lowest BCUT2D eigenvalue weighted by atomic mass is 10.1. The van der Waals surface area contributed by atoms with E-state index >= 15 is 0 Å². The molecule has 0 spiro atoms. The summed E-state index contributed by atoms with van der Waals surface area (Å²) in [7, 11) is 0. The number of benzene rings is 2. The smallest absolute Gasteiger partial charge is 0.344 e. The molecule has 0 unspecified atom stereocenters. The lowest BCUT2D eigenvalue weighted by Crippen LogP contribution is -2.32. The summed E-state index contributed by atoms with van der Waals surface area (Å²) in [4.78, 5) is 23.3. The van der Waals surface area contributed by atoms with Gasteiger partial charge in [-0.1, -0.05) is 30.3 Å². The number of amides is 1. The molecule has 0 saturated heterocycles. The summed E-state index contributed by atoms with van der Waals surface area (Å²) in [5.41, 5.74) is 1.97. The van der Waals surface area contributed by atoms with Crippen LogP contribution in [0.4, 0.5) is 5.69 Å². The maximum absolute atomic E-state index is 12.2. The fourth-order valence-electron chi connectivity index (χ4n) is 2.35. The first kappa shape index (κ1) is 15.9. The van der Waals surface area contributed by atoms with E-state index in [1.54, 1.807) is 30.3 Å². The van der Waals surface area contributed by atoms with Crippen molar-refractivity contribution in [3.8, 4) is 11.1 Å². The Bertz CT molecular complexity index is 995. The average Bonchev–Trinajstić information content (AvgIpc) is 2.53. The third kappa shape index (κ3) is 3.49. The van der Waals surface area contributed by atoms with Crippen molar-refractivity contribution in [2.24, 2.45) is 0 Å². The van der Waals surface area contributed by atoms with Crippen molar-refractivity contribution in [3.05, 3.63) is 65.0 Å². The van der Waals surface area contributed by atoms with Crippen molar-refractivity contribution in [2.45, 2.75) is 6.92 Å². The number of rotatable bonds is 2. The van der Waals surface area contributed by atoms with Crippen LogP contribution in [0.15, 0.2) is 63.8 Å². The van der Waals surface area contributed by atoms with Gasteiger partial charge < -0.3 is 15.1 Å². The molecule has 2 aromatic carbocycles. The Hall–Kier alpha value is -2.99. The molecule has 0 aliphatic carbocycles. The Morgan fingerprint density at radius 3 is 2.67 bits per heavy atom. The number of para-hydroxylation sites is 1. The zero-order valence-corrected chi connectivity index (χ0v) is 13.6. The lowest BCUT2D eigenvalue weighted by Gasteiger charge is -2.09. The van der Waals surface area contributed by atoms with Gasteiger partial charge in [0.2, 0.25) is 5.91 Å². The van der Waals surface area contributed by atoms with Crippen molar-refractivity contribution in [2.75, 3.05) is 5.32 Å². The van der Waals surface area contributed by atoms with Gasteiger partial charge in [0.15, 0.2) is 5.11 Å². The molecule has 5 nitrogen and oxygen atoms in total. The van der Waals surface area contributed by atoms with Crippen LogP contribution in [0.3, 0.4) is 0 Å². The van der Waals surface area contributed by atoms with Gasteiger partial charge in [0, 0.05) is 18.0 Å². The summed E-state index contributed by atoms with van der Waals surface area (Å²) >= 11 is 5.04. The molecule has 24 heavy (non-hydrogen) atoms. The van der Waals surface area contributed by atoms with Crippen LogP contribution in [-0.4, -0.2) is 11.0 Å². The van der Waals surface area contributed by atoms with E-state index in [1.165, 1.54) is 6.92 Å². The Kier molecular flexibility index (Phi) is 4.39. The molecule has 3 aromatic rings. The van der Waals surface area contributed by atoms with Gasteiger partial charge in [-0.3, -0.25) is 4.79 Å². The normalized spacial score (nSPS) is 10.4. The maximum Gasteiger partial charge on any atom is 0.344 e. The van der Waals surface area contributed by atoms with E-state index in [-0.39, 0.29) is 11.0 Å². The number of hydrogen-bond donors (Lipinski definition) is 2. The van der Waals surface area contributed by atoms with Crippen LogP contribution >= 0.6 is 12.2 Å². The van der Waals surface area contributed by atoms with Gasteiger partial charge in [0.1, 0.15) is 5.58 Å². The largest absolute Gasteiger partial charge is 0.422 e. The van der Waals surface area contributed by atoms with E-state index in [1.807, 2.05) is 24.3 Å². The molecule has 3 rings (SSSR count). The molecule has 0 bridgehead atoms. The molecular weight excluding hydrogens is 324 g/mol. The van der Waals surface area contributed by atoms with Gasteiger partial charge in [-0.25, -0.2) is 4.79 Å². The quantitative estimate of drug-likeness (QED) is 0.554. The number of nitrogens with one attached hydrogen (secondary N) is 2. The highest BCUT2D eigenvalue weighted by Gasteiger charge is 2.09. The molecule has 0 fully saturated rings. The minimum atomic E-state index is -0.407. The highest BCUT2D eigenvalue weighted by atomic mass is 32.1. The zero-order valence-electron chi connectivity index (χ0n) is 12.8. The first-order valence-electron chi connectivity index (χ1n) is 7.25. The molecule has 2 N–H and O–H groups in total. The van der Waals surface area contributed by atoms with Crippen LogP contribution in [0.25, 0.3) is 22.1 Å². The van der Waals surface area contributed by atoms with Gasteiger partial charge >= 0.3 is 5.63 Å². The number of thiocarbonyl (C=S) groups is 1. The van der Waals surface area contributed by atoms with Gasteiger partial charge in [-0.2, -0.15) is 0 Å². The number of hydrogen-bond acceptors (Lipinski definition) is 4. The first-order valence-corrected chi connectivity index (χ1v) is 7.65. The summed E-state index contributed by atoms with van der Waals surface area (Å²) in [6.45, 7) is 1.38. The molecule has 0 aliphatic rings. The van der Waals surface area contributed by atoms with Crippen LogP contribution in [0.5, 0.6) is 0 Å². The third-order valence-corrected chi connectivity index (χ3v) is 3.57. The predicted molar refractivity (Wildman–Crippen MR) is 98.0 cm³/mol. The van der Waals surface area contributed by atoms with Gasteiger partial charge in [-0.05, 0) is 42.0 Å². The van der Waals surface area contributed by atoms with Crippen molar-refractivity contribution in [1.29, 1.82) is 0 Å². The van der Waals surface area contributed by atoms with Crippen molar-refractivity contribution >= 4 is 39.9 Å². The average molecular weight is 338 g/mol. The fraction of sp³-hybridized carbons (Fsp3) is 0.0556. The van der Waals surface area contributed by atoms with Crippen molar-refractivity contribution < 1.29 is 9.21 Å². The molecule has 1 amide bonds. The molecule has 0 saturated carbocycles. The predicted octanol–water partition coefficient (Wildman–Crippen LogP) is 3.29. The van der Waals surface area contributed by atoms with Crippen molar-refractivity contribution in [1.82, 2.24) is 5.32 Å². The maximum atomic E-state index is 12.2. The molecule has 0 atom stereocenters. The van der Waals surface area contributed by atoms with Gasteiger partial charge in [-0.15, -0.1) is 0 Å². The summed E-state index contributed by atoms with van der Waals surface area (Å²) in [6, 6.07) is 16.3. The van der Waals surface area contributed by atoms with Crippen molar-refractivity contribution in [3.63, 3.8) is 0 Å². The minimum absolute atomic E-state index is 0.199. The first-order chi connectivity index (χ1) is 11.5. The number of carbonyl (C=O) groups excluding carboxylic acids is 1. The van der Waals surface area contributed by atoms with E-state index in [9.17, 15) is 9.59 Å². The SMILES string of the molecule is CC(=O)NC(=S)Nc1cccc(-c2cc3ccccc3oc2=O)c1. The van der Waals surface area contributed by atoms with Crippen LogP contribution in [0, 0.1) is 0 Å². The number of anilines is 1. The second-order valence-electron chi connectivity index (χ2n) is 5.20. The monoisotopic (exact) mass is 338 g/mol. The van der Waals surface area contributed by atoms with Crippen LogP contribution in [-0.2, 0) is 4.79 Å². The lowest BCUT2D eigenvalue weighted by molar-refractivity contribution is -0.117.